The van der Waals surface area contributed by atoms with Crippen LogP contribution in [0.2, 0.25) is 0 Å². The standard InChI is InChI=1S/C19H23NO2S.C6H8O7/c1-20(2)13-14-23-15-18(16-9-5-3-6-10-16)22-19(21)17-11-7-4-8-12-17;7-3(8)1-6(13,5(11)12)2-4(9)10/h3-12,18H,13-15H2,1-2H3;13H,1-2H2,(H,7,8)(H,9,10)(H,11,12). The van der Waals surface area contributed by atoms with Crippen molar-refractivity contribution in [1.29, 1.82) is 0 Å². The molecule has 11 heteroatoms. The summed E-state index contributed by atoms with van der Waals surface area (Å²) in [7, 11) is 4.12. The molecule has 0 aliphatic rings. The van der Waals surface area contributed by atoms with E-state index < -0.39 is 36.4 Å². The maximum Gasteiger partial charge on any atom is 0.338 e. The molecule has 0 bridgehead atoms. The Morgan fingerprint density at radius 1 is 0.889 bits per heavy atom. The van der Waals surface area contributed by atoms with Crippen molar-refractivity contribution in [3.8, 4) is 0 Å². The number of esters is 1. The zero-order valence-corrected chi connectivity index (χ0v) is 20.9. The average Bonchev–Trinajstić information content (AvgIpc) is 2.81. The summed E-state index contributed by atoms with van der Waals surface area (Å²) < 4.78 is 5.76. The minimum atomic E-state index is -2.74. The van der Waals surface area contributed by atoms with Crippen molar-refractivity contribution in [2.45, 2.75) is 24.5 Å². The van der Waals surface area contributed by atoms with Gasteiger partial charge in [-0.05, 0) is 31.8 Å². The van der Waals surface area contributed by atoms with Gasteiger partial charge in [0.05, 0.1) is 18.4 Å². The molecule has 2 rings (SSSR count). The highest BCUT2D eigenvalue weighted by atomic mass is 32.2. The number of nitrogens with zero attached hydrogens (tertiary/aromatic N) is 1. The van der Waals surface area contributed by atoms with Crippen LogP contribution < -0.4 is 0 Å². The number of carboxylic acids is 3. The van der Waals surface area contributed by atoms with Crippen LogP contribution in [0.25, 0.3) is 0 Å². The molecule has 0 spiro atoms. The molecule has 0 aromatic heterocycles. The van der Waals surface area contributed by atoms with E-state index in [2.05, 4.69) is 19.0 Å². The van der Waals surface area contributed by atoms with E-state index in [4.69, 9.17) is 25.2 Å². The summed E-state index contributed by atoms with van der Waals surface area (Å²) in [6.45, 7) is 1.01. The molecule has 0 aliphatic heterocycles. The number of rotatable bonds is 13. The molecule has 0 aliphatic carbocycles. The molecule has 2 aromatic rings. The number of benzene rings is 2. The first kappa shape index (κ1) is 30.6. The molecule has 0 fully saturated rings. The lowest BCUT2D eigenvalue weighted by Crippen LogP contribution is -2.42. The van der Waals surface area contributed by atoms with Crippen LogP contribution in [0.3, 0.4) is 0 Å². The van der Waals surface area contributed by atoms with E-state index in [-0.39, 0.29) is 12.1 Å². The van der Waals surface area contributed by atoms with Crippen LogP contribution in [0.15, 0.2) is 60.7 Å². The lowest BCUT2D eigenvalue weighted by molar-refractivity contribution is -0.170. The molecule has 2 aromatic carbocycles. The molecular formula is C25H31NO9S. The summed E-state index contributed by atoms with van der Waals surface area (Å²) in [5.41, 5.74) is -1.11. The Morgan fingerprint density at radius 2 is 1.39 bits per heavy atom. The van der Waals surface area contributed by atoms with Gasteiger partial charge in [-0.1, -0.05) is 48.5 Å². The van der Waals surface area contributed by atoms with Gasteiger partial charge in [0.1, 0.15) is 6.10 Å². The Labute approximate surface area is 213 Å². The van der Waals surface area contributed by atoms with Crippen LogP contribution >= 0.6 is 11.8 Å². The largest absolute Gasteiger partial charge is 0.481 e. The molecular weight excluding hydrogens is 490 g/mol. The third-order valence-corrected chi connectivity index (χ3v) is 5.68. The normalized spacial score (nSPS) is 11.7. The van der Waals surface area contributed by atoms with Gasteiger partial charge in [0, 0.05) is 18.1 Å². The summed E-state index contributed by atoms with van der Waals surface area (Å²) in [5.74, 6) is -3.52. The maximum absolute atomic E-state index is 12.3. The number of ether oxygens (including phenoxy) is 1. The molecule has 4 N–H and O–H groups in total. The second kappa shape index (κ2) is 15.6. The quantitative estimate of drug-likeness (QED) is 0.226. The number of hydrogen-bond donors (Lipinski definition) is 4. The predicted octanol–water partition coefficient (Wildman–Crippen LogP) is 2.63. The van der Waals surface area contributed by atoms with Gasteiger partial charge in [-0.25, -0.2) is 9.59 Å². The zero-order chi connectivity index (χ0) is 27.1. The van der Waals surface area contributed by atoms with Crippen molar-refractivity contribution in [2.75, 3.05) is 32.1 Å². The number of carbonyl (C=O) groups is 4. The summed E-state index contributed by atoms with van der Waals surface area (Å²) in [5, 5.41) is 33.8. The Kier molecular flexibility index (Phi) is 13.2. The average molecular weight is 522 g/mol. The predicted molar refractivity (Wildman–Crippen MR) is 134 cm³/mol. The van der Waals surface area contributed by atoms with Crippen molar-refractivity contribution in [2.24, 2.45) is 0 Å². The number of carbonyl (C=O) groups excluding carboxylic acids is 1. The van der Waals surface area contributed by atoms with E-state index in [0.717, 1.165) is 23.6 Å². The lowest BCUT2D eigenvalue weighted by Gasteiger charge is -2.19. The van der Waals surface area contributed by atoms with E-state index in [1.807, 2.05) is 48.5 Å². The summed E-state index contributed by atoms with van der Waals surface area (Å²) >= 11 is 1.80. The first-order valence-corrected chi connectivity index (χ1v) is 12.0. The van der Waals surface area contributed by atoms with Crippen molar-refractivity contribution >= 4 is 35.6 Å². The third-order valence-electron chi connectivity index (χ3n) is 4.67. The highest BCUT2D eigenvalue weighted by molar-refractivity contribution is 7.99. The Balaban J connectivity index is 0.000000426. The number of hydrogen-bond acceptors (Lipinski definition) is 8. The van der Waals surface area contributed by atoms with Gasteiger partial charge in [-0.15, -0.1) is 0 Å². The fraction of sp³-hybridized carbons (Fsp3) is 0.360. The Hall–Kier alpha value is -3.41. The second-order valence-corrected chi connectivity index (χ2v) is 9.18. The smallest absolute Gasteiger partial charge is 0.338 e. The zero-order valence-electron chi connectivity index (χ0n) is 20.1. The van der Waals surface area contributed by atoms with E-state index >= 15 is 0 Å². The number of aliphatic carboxylic acids is 3. The topological polar surface area (TPSA) is 162 Å². The minimum absolute atomic E-state index is 0.226. The fourth-order valence-electron chi connectivity index (χ4n) is 2.79. The van der Waals surface area contributed by atoms with Crippen LogP contribution in [-0.2, 0) is 19.1 Å². The highest BCUT2D eigenvalue weighted by Gasteiger charge is 2.40. The van der Waals surface area contributed by atoms with Gasteiger partial charge in [0.25, 0.3) is 0 Å². The van der Waals surface area contributed by atoms with E-state index in [9.17, 15) is 19.2 Å². The molecule has 10 nitrogen and oxygen atoms in total. The SMILES string of the molecule is CN(C)CCSCC(OC(=O)c1ccccc1)c1ccccc1.O=C(O)CC(O)(CC(=O)O)C(=O)O. The molecule has 0 saturated heterocycles. The van der Waals surface area contributed by atoms with Crippen LogP contribution in [-0.4, -0.2) is 87.0 Å². The van der Waals surface area contributed by atoms with Crippen LogP contribution in [0.5, 0.6) is 0 Å². The van der Waals surface area contributed by atoms with Gasteiger partial charge in [0.15, 0.2) is 5.60 Å². The third kappa shape index (κ3) is 11.8. The highest BCUT2D eigenvalue weighted by Crippen LogP contribution is 2.24. The van der Waals surface area contributed by atoms with Gasteiger partial charge in [-0.2, -0.15) is 11.8 Å². The summed E-state index contributed by atoms with van der Waals surface area (Å²) in [4.78, 5) is 45.0. The van der Waals surface area contributed by atoms with Crippen LogP contribution in [0.1, 0.15) is 34.9 Å². The van der Waals surface area contributed by atoms with Crippen molar-refractivity contribution < 1.29 is 44.3 Å². The minimum Gasteiger partial charge on any atom is -0.481 e. The van der Waals surface area contributed by atoms with E-state index in [0.29, 0.717) is 5.56 Å². The van der Waals surface area contributed by atoms with E-state index in [1.54, 1.807) is 23.9 Å². The molecule has 0 amide bonds. The van der Waals surface area contributed by atoms with Crippen molar-refractivity contribution in [3.05, 3.63) is 71.8 Å². The van der Waals surface area contributed by atoms with E-state index in [1.165, 1.54) is 0 Å². The summed E-state index contributed by atoms with van der Waals surface area (Å²) in [6.07, 6.45) is -2.51. The molecule has 0 radical (unpaired) electrons. The Bertz CT molecular complexity index is 968. The van der Waals surface area contributed by atoms with Crippen LogP contribution in [0.4, 0.5) is 0 Å². The molecule has 196 valence electrons. The van der Waals surface area contributed by atoms with Crippen molar-refractivity contribution in [1.82, 2.24) is 4.90 Å². The monoisotopic (exact) mass is 521 g/mol. The molecule has 0 heterocycles. The molecule has 36 heavy (non-hydrogen) atoms. The van der Waals surface area contributed by atoms with Gasteiger partial charge in [-0.3, -0.25) is 9.59 Å². The number of carboxylic acid groups (broad SMARTS) is 3. The fourth-order valence-corrected chi connectivity index (χ4v) is 3.92. The molecule has 1 unspecified atom stereocenters. The van der Waals surface area contributed by atoms with Gasteiger partial charge in [0.2, 0.25) is 0 Å². The first-order chi connectivity index (χ1) is 16.9. The van der Waals surface area contributed by atoms with Gasteiger partial charge >= 0.3 is 23.9 Å². The maximum atomic E-state index is 12.3. The van der Waals surface area contributed by atoms with Crippen LogP contribution in [0, 0.1) is 0 Å². The second-order valence-electron chi connectivity index (χ2n) is 8.03. The van der Waals surface area contributed by atoms with Crippen molar-refractivity contribution in [3.63, 3.8) is 0 Å². The molecule has 0 saturated carbocycles. The van der Waals surface area contributed by atoms with Gasteiger partial charge < -0.3 is 30.1 Å². The lowest BCUT2D eigenvalue weighted by atomic mass is 9.96. The number of thioether (sulfide) groups is 1. The first-order valence-electron chi connectivity index (χ1n) is 10.9. The molecule has 1 atom stereocenters. The number of aliphatic hydroxyl groups is 1. The summed E-state index contributed by atoms with van der Waals surface area (Å²) in [6, 6.07) is 19.1. The Morgan fingerprint density at radius 3 is 1.83 bits per heavy atom.